The summed E-state index contributed by atoms with van der Waals surface area (Å²) < 4.78 is 0. The molecule has 1 aromatic rings. The summed E-state index contributed by atoms with van der Waals surface area (Å²) in [6.07, 6.45) is 5.64. The van der Waals surface area contributed by atoms with Crippen LogP contribution in [-0.2, 0) is 10.3 Å². The van der Waals surface area contributed by atoms with Crippen molar-refractivity contribution in [3.8, 4) is 0 Å². The molecule has 3 nitrogen and oxygen atoms in total. The topological polar surface area (TPSA) is 32.7 Å². The molecule has 0 spiro atoms. The van der Waals surface area contributed by atoms with Crippen LogP contribution in [0.15, 0.2) is 29.3 Å². The van der Waals surface area contributed by atoms with E-state index in [-0.39, 0.29) is 5.91 Å². The molecule has 0 N–H and O–H groups in total. The summed E-state index contributed by atoms with van der Waals surface area (Å²) >= 11 is 10.8. The molecule has 0 saturated heterocycles. The third kappa shape index (κ3) is 2.68. The van der Waals surface area contributed by atoms with Crippen LogP contribution < -0.4 is 0 Å². The third-order valence-electron chi connectivity index (χ3n) is 5.54. The first-order chi connectivity index (χ1) is 11.5. The summed E-state index contributed by atoms with van der Waals surface area (Å²) in [4.78, 5) is 20.2. The maximum absolute atomic E-state index is 13.2. The van der Waals surface area contributed by atoms with Gasteiger partial charge in [0, 0.05) is 23.3 Å². The number of benzene rings is 1. The molecule has 0 radical (unpaired) electrons. The number of hydrogen-bond acceptors (Lipinski definition) is 3. The Bertz CT molecular complexity index is 677. The van der Waals surface area contributed by atoms with E-state index < -0.39 is 11.1 Å². The average molecular weight is 365 g/mol. The summed E-state index contributed by atoms with van der Waals surface area (Å²) in [5.74, 6) is 0.863. The van der Waals surface area contributed by atoms with Crippen molar-refractivity contribution in [1.29, 1.82) is 0 Å². The van der Waals surface area contributed by atoms with Gasteiger partial charge in [0.05, 0.1) is 0 Å². The molecule has 2 unspecified atom stereocenters. The van der Waals surface area contributed by atoms with Gasteiger partial charge in [-0.1, -0.05) is 29.8 Å². The molecular weight excluding hydrogens is 340 g/mol. The van der Waals surface area contributed by atoms with Gasteiger partial charge in [0.2, 0.25) is 0 Å². The molecule has 1 aromatic carbocycles. The van der Waals surface area contributed by atoms with Crippen LogP contribution in [0.25, 0.3) is 0 Å². The Kier molecular flexibility index (Phi) is 4.99. The molecule has 0 bridgehead atoms. The van der Waals surface area contributed by atoms with E-state index in [9.17, 15) is 4.79 Å². The molecule has 1 saturated carbocycles. The molecule has 1 heterocycles. The van der Waals surface area contributed by atoms with Gasteiger partial charge in [-0.25, -0.2) is 0 Å². The van der Waals surface area contributed by atoms with Crippen molar-refractivity contribution in [3.63, 3.8) is 0 Å². The van der Waals surface area contributed by atoms with Gasteiger partial charge < -0.3 is 4.90 Å². The van der Waals surface area contributed by atoms with Crippen molar-refractivity contribution in [2.75, 3.05) is 12.8 Å². The van der Waals surface area contributed by atoms with Crippen LogP contribution >= 0.6 is 24.2 Å². The largest absolute Gasteiger partial charge is 0.329 e. The van der Waals surface area contributed by atoms with E-state index in [1.807, 2.05) is 43.1 Å². The Morgan fingerprint density at radius 3 is 2.79 bits per heavy atom. The lowest BCUT2D eigenvalue weighted by atomic mass is 9.71. The predicted octanol–water partition coefficient (Wildman–Crippen LogP) is 4.49. The first-order valence-electron chi connectivity index (χ1n) is 8.69. The maximum Gasteiger partial charge on any atom is 0.250 e. The van der Waals surface area contributed by atoms with E-state index in [0.717, 1.165) is 55.6 Å². The highest BCUT2D eigenvalue weighted by Crippen LogP contribution is 2.47. The van der Waals surface area contributed by atoms with Gasteiger partial charge in [0.15, 0.2) is 0 Å². The van der Waals surface area contributed by atoms with Crippen LogP contribution in [0.5, 0.6) is 0 Å². The van der Waals surface area contributed by atoms with E-state index in [1.165, 1.54) is 0 Å². The lowest BCUT2D eigenvalue weighted by Gasteiger charge is -2.52. The molecule has 1 aliphatic heterocycles. The highest BCUT2D eigenvalue weighted by atomic mass is 35.5. The zero-order valence-corrected chi connectivity index (χ0v) is 16.0. The molecule has 1 fully saturated rings. The second-order valence-corrected chi connectivity index (χ2v) is 7.93. The first kappa shape index (κ1) is 17.8. The number of carbonyl (C=O) groups is 1. The van der Waals surface area contributed by atoms with Crippen molar-refractivity contribution in [2.45, 2.75) is 56.5 Å². The predicted molar refractivity (Wildman–Crippen MR) is 103 cm³/mol. The van der Waals surface area contributed by atoms with Gasteiger partial charge in [-0.05, 0) is 57.3 Å². The number of amides is 1. The standard InChI is InChI=1S/C19H25ClN2OS/c1-18(11-7-13-24)17(23)22(2)19(12-6-5-10-16(19)21-18)14-8-3-4-9-15(14)20/h3-4,8-9,24H,5-7,10-13H2,1-2H3. The monoisotopic (exact) mass is 364 g/mol. The SMILES string of the molecule is CN1C(=O)C(C)(CCCS)N=C2CCCCC21c1ccccc1Cl. The van der Waals surface area contributed by atoms with Crippen molar-refractivity contribution >= 4 is 35.8 Å². The number of aliphatic imine (C=N–C) groups is 1. The Morgan fingerprint density at radius 2 is 2.08 bits per heavy atom. The molecule has 5 heteroatoms. The van der Waals surface area contributed by atoms with Crippen molar-refractivity contribution in [2.24, 2.45) is 4.99 Å². The van der Waals surface area contributed by atoms with E-state index in [4.69, 9.17) is 16.6 Å². The number of fused-ring (bicyclic) bond motifs is 1. The fourth-order valence-corrected chi connectivity index (χ4v) is 4.72. The second-order valence-electron chi connectivity index (χ2n) is 7.07. The number of hydrogen-bond donors (Lipinski definition) is 1. The van der Waals surface area contributed by atoms with Crippen molar-refractivity contribution < 1.29 is 4.79 Å². The Morgan fingerprint density at radius 1 is 1.33 bits per heavy atom. The van der Waals surface area contributed by atoms with Crippen LogP contribution in [0.3, 0.4) is 0 Å². The Labute approximate surface area is 154 Å². The highest BCUT2D eigenvalue weighted by molar-refractivity contribution is 7.80. The number of carbonyl (C=O) groups excluding carboxylic acids is 1. The van der Waals surface area contributed by atoms with E-state index in [0.29, 0.717) is 5.02 Å². The van der Waals surface area contributed by atoms with Crippen LogP contribution in [-0.4, -0.2) is 34.9 Å². The molecule has 2 atom stereocenters. The van der Waals surface area contributed by atoms with Crippen LogP contribution in [0.2, 0.25) is 5.02 Å². The third-order valence-corrected chi connectivity index (χ3v) is 6.19. The van der Waals surface area contributed by atoms with Gasteiger partial charge in [0.25, 0.3) is 5.91 Å². The van der Waals surface area contributed by atoms with Crippen LogP contribution in [0, 0.1) is 0 Å². The summed E-state index contributed by atoms with van der Waals surface area (Å²) in [6, 6.07) is 7.88. The zero-order chi connectivity index (χ0) is 17.4. The van der Waals surface area contributed by atoms with Gasteiger partial charge >= 0.3 is 0 Å². The second kappa shape index (κ2) is 6.72. The minimum atomic E-state index is -0.672. The molecule has 1 amide bonds. The van der Waals surface area contributed by atoms with Crippen molar-refractivity contribution in [3.05, 3.63) is 34.9 Å². The number of nitrogens with zero attached hydrogens (tertiary/aromatic N) is 2. The van der Waals surface area contributed by atoms with Crippen LogP contribution in [0.1, 0.15) is 51.0 Å². The quantitative estimate of drug-likeness (QED) is 0.784. The summed E-state index contributed by atoms with van der Waals surface area (Å²) in [7, 11) is 1.92. The number of thiol groups is 1. The maximum atomic E-state index is 13.2. The molecular formula is C19H25ClN2OS. The first-order valence-corrected chi connectivity index (χ1v) is 9.70. The fraction of sp³-hybridized carbons (Fsp3) is 0.579. The van der Waals surface area contributed by atoms with Crippen molar-refractivity contribution in [1.82, 2.24) is 4.90 Å². The fourth-order valence-electron chi connectivity index (χ4n) is 4.27. The molecule has 2 aliphatic rings. The molecule has 130 valence electrons. The normalized spacial score (nSPS) is 30.1. The van der Waals surface area contributed by atoms with Gasteiger partial charge in [-0.15, -0.1) is 0 Å². The smallest absolute Gasteiger partial charge is 0.250 e. The minimum absolute atomic E-state index is 0.0925. The number of rotatable bonds is 4. The van der Waals surface area contributed by atoms with E-state index in [1.54, 1.807) is 0 Å². The molecule has 3 rings (SSSR count). The van der Waals surface area contributed by atoms with E-state index >= 15 is 0 Å². The number of likely N-dealkylation sites (N-methyl/N-ethyl adjacent to an activating group) is 1. The molecule has 24 heavy (non-hydrogen) atoms. The van der Waals surface area contributed by atoms with E-state index in [2.05, 4.69) is 12.6 Å². The number of halogens is 1. The average Bonchev–Trinajstić information content (AvgIpc) is 2.59. The van der Waals surface area contributed by atoms with Crippen LogP contribution in [0.4, 0.5) is 0 Å². The molecule has 0 aromatic heterocycles. The summed E-state index contributed by atoms with van der Waals surface area (Å²) in [5, 5.41) is 0.714. The minimum Gasteiger partial charge on any atom is -0.329 e. The molecule has 1 aliphatic carbocycles. The highest BCUT2D eigenvalue weighted by Gasteiger charge is 2.53. The van der Waals surface area contributed by atoms with Gasteiger partial charge in [0.1, 0.15) is 11.1 Å². The lowest BCUT2D eigenvalue weighted by molar-refractivity contribution is -0.141. The lowest BCUT2D eigenvalue weighted by Crippen LogP contribution is -2.63. The Hall–Kier alpha value is -1.00. The summed E-state index contributed by atoms with van der Waals surface area (Å²) in [6.45, 7) is 1.97. The van der Waals surface area contributed by atoms with Gasteiger partial charge in [-0.3, -0.25) is 9.79 Å². The zero-order valence-electron chi connectivity index (χ0n) is 14.4. The Balaban J connectivity index is 2.15. The summed E-state index contributed by atoms with van der Waals surface area (Å²) in [5.41, 5.74) is 0.978. The van der Waals surface area contributed by atoms with Gasteiger partial charge in [-0.2, -0.15) is 12.6 Å².